The molecule has 4 aromatic rings. The van der Waals surface area contributed by atoms with E-state index in [4.69, 9.17) is 25.2 Å². The summed E-state index contributed by atoms with van der Waals surface area (Å²) >= 11 is 0. The van der Waals surface area contributed by atoms with Gasteiger partial charge in [-0.05, 0) is 42.3 Å². The summed E-state index contributed by atoms with van der Waals surface area (Å²) in [6.07, 6.45) is 4.42. The molecule has 4 rings (SSSR count). The minimum atomic E-state index is 0.649. The maximum absolute atomic E-state index is 5.60. The number of nitrogens with one attached hydrogen (secondary N) is 1. The van der Waals surface area contributed by atoms with Gasteiger partial charge >= 0.3 is 0 Å². The normalized spacial score (nSPS) is 11.1. The van der Waals surface area contributed by atoms with Crippen LogP contribution in [0.3, 0.4) is 0 Å². The summed E-state index contributed by atoms with van der Waals surface area (Å²) in [5.74, 6) is 2.79. The van der Waals surface area contributed by atoms with Crippen molar-refractivity contribution in [1.29, 1.82) is 0 Å². The first-order valence-electron chi connectivity index (χ1n) is 11.1. The molecule has 0 bridgehead atoms. The summed E-state index contributed by atoms with van der Waals surface area (Å²) < 4.78 is 11.0. The first-order chi connectivity index (χ1) is 15.7. The smallest absolute Gasteiger partial charge is 0.162 e. The lowest BCUT2D eigenvalue weighted by molar-refractivity contribution is 0.356. The Bertz CT molecular complexity index is 1210. The van der Waals surface area contributed by atoms with Gasteiger partial charge in [0, 0.05) is 23.6 Å². The standard InChI is InChI=1S/C26H30N4O2/c1-31-23-16-21-22(17-24(23)32-2)29-25(30-26(21)28-14-8-4-3-7-13-27)20-12-11-18-9-5-6-10-19(18)15-20/h5-6,9-12,15-17H,3-4,7-8,13-14,27H2,1-2H3,(H,28,29,30). The van der Waals surface area contributed by atoms with Crippen LogP contribution < -0.4 is 20.5 Å². The van der Waals surface area contributed by atoms with Crippen molar-refractivity contribution in [1.82, 2.24) is 9.97 Å². The van der Waals surface area contributed by atoms with Crippen LogP contribution in [0.15, 0.2) is 54.6 Å². The molecule has 3 aromatic carbocycles. The highest BCUT2D eigenvalue weighted by molar-refractivity contribution is 5.94. The Kier molecular flexibility index (Phi) is 7.02. The minimum Gasteiger partial charge on any atom is -0.493 e. The van der Waals surface area contributed by atoms with Gasteiger partial charge < -0.3 is 20.5 Å². The second-order valence-corrected chi connectivity index (χ2v) is 7.81. The molecule has 0 saturated carbocycles. The molecule has 166 valence electrons. The van der Waals surface area contributed by atoms with Gasteiger partial charge in [-0.3, -0.25) is 0 Å². The number of benzene rings is 3. The molecule has 0 radical (unpaired) electrons. The van der Waals surface area contributed by atoms with Crippen molar-refractivity contribution in [2.45, 2.75) is 25.7 Å². The number of hydrogen-bond donors (Lipinski definition) is 2. The average Bonchev–Trinajstić information content (AvgIpc) is 2.84. The van der Waals surface area contributed by atoms with Crippen molar-refractivity contribution in [3.63, 3.8) is 0 Å². The number of aromatic nitrogens is 2. The molecule has 3 N–H and O–H groups in total. The van der Waals surface area contributed by atoms with Crippen LogP contribution in [0.4, 0.5) is 5.82 Å². The molecule has 1 aromatic heterocycles. The number of fused-ring (bicyclic) bond motifs is 2. The molecule has 6 heteroatoms. The third kappa shape index (κ3) is 4.75. The Morgan fingerprint density at radius 3 is 2.34 bits per heavy atom. The van der Waals surface area contributed by atoms with E-state index < -0.39 is 0 Å². The largest absolute Gasteiger partial charge is 0.493 e. The van der Waals surface area contributed by atoms with E-state index in [1.165, 1.54) is 5.39 Å². The van der Waals surface area contributed by atoms with Crippen molar-refractivity contribution >= 4 is 27.5 Å². The van der Waals surface area contributed by atoms with E-state index in [0.29, 0.717) is 17.3 Å². The third-order valence-corrected chi connectivity index (χ3v) is 5.63. The van der Waals surface area contributed by atoms with E-state index in [1.807, 2.05) is 24.3 Å². The van der Waals surface area contributed by atoms with Crippen molar-refractivity contribution < 1.29 is 9.47 Å². The number of ether oxygens (including phenoxy) is 2. The molecular formula is C26H30N4O2. The first-order valence-corrected chi connectivity index (χ1v) is 11.1. The molecule has 0 amide bonds. The number of unbranched alkanes of at least 4 members (excludes halogenated alkanes) is 3. The van der Waals surface area contributed by atoms with E-state index in [9.17, 15) is 0 Å². The molecule has 0 aliphatic rings. The molecule has 1 heterocycles. The molecule has 0 spiro atoms. The molecular weight excluding hydrogens is 400 g/mol. The number of hydrogen-bond acceptors (Lipinski definition) is 6. The van der Waals surface area contributed by atoms with Gasteiger partial charge in [0.05, 0.1) is 19.7 Å². The van der Waals surface area contributed by atoms with E-state index in [0.717, 1.165) is 66.4 Å². The second-order valence-electron chi connectivity index (χ2n) is 7.81. The Hall–Kier alpha value is -3.38. The van der Waals surface area contributed by atoms with Crippen molar-refractivity contribution in [2.24, 2.45) is 5.73 Å². The average molecular weight is 431 g/mol. The topological polar surface area (TPSA) is 82.3 Å². The highest BCUT2D eigenvalue weighted by Gasteiger charge is 2.14. The second kappa shape index (κ2) is 10.3. The lowest BCUT2D eigenvalue weighted by atomic mass is 10.1. The van der Waals surface area contributed by atoms with Gasteiger partial charge in [-0.25, -0.2) is 9.97 Å². The molecule has 0 unspecified atom stereocenters. The van der Waals surface area contributed by atoms with Crippen LogP contribution in [0, 0.1) is 0 Å². The molecule has 0 fully saturated rings. The van der Waals surface area contributed by atoms with Crippen LogP contribution >= 0.6 is 0 Å². The highest BCUT2D eigenvalue weighted by atomic mass is 16.5. The highest BCUT2D eigenvalue weighted by Crippen LogP contribution is 2.35. The fourth-order valence-electron chi connectivity index (χ4n) is 3.88. The summed E-state index contributed by atoms with van der Waals surface area (Å²) in [6.45, 7) is 1.59. The zero-order chi connectivity index (χ0) is 22.3. The summed E-state index contributed by atoms with van der Waals surface area (Å²) in [5.41, 5.74) is 7.39. The fourth-order valence-corrected chi connectivity index (χ4v) is 3.88. The van der Waals surface area contributed by atoms with E-state index >= 15 is 0 Å². The Balaban J connectivity index is 1.73. The lowest BCUT2D eigenvalue weighted by Crippen LogP contribution is -2.07. The zero-order valence-electron chi connectivity index (χ0n) is 18.7. The van der Waals surface area contributed by atoms with Gasteiger partial charge in [-0.15, -0.1) is 0 Å². The number of anilines is 1. The molecule has 32 heavy (non-hydrogen) atoms. The van der Waals surface area contributed by atoms with Crippen molar-refractivity contribution in [3.05, 3.63) is 54.6 Å². The van der Waals surface area contributed by atoms with Crippen LogP contribution in [0.1, 0.15) is 25.7 Å². The van der Waals surface area contributed by atoms with E-state index in [1.54, 1.807) is 14.2 Å². The molecule has 6 nitrogen and oxygen atoms in total. The Morgan fingerprint density at radius 2 is 1.56 bits per heavy atom. The van der Waals surface area contributed by atoms with Crippen LogP contribution in [0.25, 0.3) is 33.1 Å². The zero-order valence-corrected chi connectivity index (χ0v) is 18.7. The number of nitrogens with zero attached hydrogens (tertiary/aromatic N) is 2. The number of methoxy groups -OCH3 is 2. The fraction of sp³-hybridized carbons (Fsp3) is 0.308. The van der Waals surface area contributed by atoms with Gasteiger partial charge in [-0.2, -0.15) is 0 Å². The van der Waals surface area contributed by atoms with Crippen molar-refractivity contribution in [3.8, 4) is 22.9 Å². The van der Waals surface area contributed by atoms with Gasteiger partial charge in [0.15, 0.2) is 17.3 Å². The summed E-state index contributed by atoms with van der Waals surface area (Å²) in [5, 5.41) is 6.79. The predicted molar refractivity (Wildman–Crippen MR) is 132 cm³/mol. The van der Waals surface area contributed by atoms with Crippen LogP contribution in [-0.4, -0.2) is 37.3 Å². The van der Waals surface area contributed by atoms with Crippen LogP contribution in [0.2, 0.25) is 0 Å². The monoisotopic (exact) mass is 430 g/mol. The summed E-state index contributed by atoms with van der Waals surface area (Å²) in [6, 6.07) is 18.5. The van der Waals surface area contributed by atoms with Crippen molar-refractivity contribution in [2.75, 3.05) is 32.6 Å². The summed E-state index contributed by atoms with van der Waals surface area (Å²) in [7, 11) is 3.27. The van der Waals surface area contributed by atoms with Gasteiger partial charge in [0.1, 0.15) is 5.82 Å². The SMILES string of the molecule is COc1cc2nc(-c3ccc4ccccc4c3)nc(NCCCCCCN)c2cc1OC. The first kappa shape index (κ1) is 21.8. The van der Waals surface area contributed by atoms with Crippen LogP contribution in [0.5, 0.6) is 11.5 Å². The Morgan fingerprint density at radius 1 is 0.812 bits per heavy atom. The van der Waals surface area contributed by atoms with E-state index in [2.05, 4.69) is 35.6 Å². The quantitative estimate of drug-likeness (QED) is 0.328. The summed E-state index contributed by atoms with van der Waals surface area (Å²) in [4.78, 5) is 9.77. The predicted octanol–water partition coefficient (Wildman–Crippen LogP) is 5.40. The van der Waals surface area contributed by atoms with Gasteiger partial charge in [-0.1, -0.05) is 49.2 Å². The molecule has 0 aliphatic heterocycles. The molecule has 0 aliphatic carbocycles. The minimum absolute atomic E-state index is 0.649. The van der Waals surface area contributed by atoms with Gasteiger partial charge in [0.25, 0.3) is 0 Å². The maximum Gasteiger partial charge on any atom is 0.162 e. The maximum atomic E-state index is 5.60. The number of rotatable bonds is 10. The molecule has 0 saturated heterocycles. The van der Waals surface area contributed by atoms with Crippen LogP contribution in [-0.2, 0) is 0 Å². The van der Waals surface area contributed by atoms with E-state index in [-0.39, 0.29) is 0 Å². The lowest BCUT2D eigenvalue weighted by Gasteiger charge is -2.14. The molecule has 0 atom stereocenters. The Labute approximate surface area is 188 Å². The number of nitrogens with two attached hydrogens (primary N) is 1. The van der Waals surface area contributed by atoms with Gasteiger partial charge in [0.2, 0.25) is 0 Å². The third-order valence-electron chi connectivity index (χ3n) is 5.63.